The van der Waals surface area contributed by atoms with Gasteiger partial charge in [0.1, 0.15) is 0 Å². The van der Waals surface area contributed by atoms with Crippen LogP contribution in [0.2, 0.25) is 0 Å². The van der Waals surface area contributed by atoms with E-state index >= 15 is 0 Å². The van der Waals surface area contributed by atoms with E-state index in [-0.39, 0.29) is 4.90 Å². The molecule has 0 aliphatic carbocycles. The first-order chi connectivity index (χ1) is 9.23. The highest BCUT2D eigenvalue weighted by molar-refractivity contribution is 7.91. The molecule has 0 saturated carbocycles. The summed E-state index contributed by atoms with van der Waals surface area (Å²) in [5.74, 6) is 0. The summed E-state index contributed by atoms with van der Waals surface area (Å²) in [7, 11) is -4.19. The molecule has 0 N–H and O–H groups in total. The number of sulfone groups is 1. The van der Waals surface area contributed by atoms with Gasteiger partial charge in [-0.1, -0.05) is 29.8 Å². The number of rotatable bonds is 2. The SMILES string of the molecule is Cc1ccc(S(=O)(=O)c2ccccc2C(F)(F)F)cc1. The maximum atomic E-state index is 12.9. The summed E-state index contributed by atoms with van der Waals surface area (Å²) < 4.78 is 63.3. The Morgan fingerprint density at radius 3 is 2.00 bits per heavy atom. The molecule has 0 amide bonds. The number of benzene rings is 2. The summed E-state index contributed by atoms with van der Waals surface area (Å²) in [6.45, 7) is 1.76. The smallest absolute Gasteiger partial charge is 0.218 e. The van der Waals surface area contributed by atoms with Gasteiger partial charge in [0.25, 0.3) is 0 Å². The van der Waals surface area contributed by atoms with E-state index in [1.807, 2.05) is 0 Å². The third kappa shape index (κ3) is 2.70. The lowest BCUT2D eigenvalue weighted by Crippen LogP contribution is -2.13. The van der Waals surface area contributed by atoms with E-state index in [2.05, 4.69) is 0 Å². The fourth-order valence-corrected chi connectivity index (χ4v) is 3.26. The van der Waals surface area contributed by atoms with Crippen molar-refractivity contribution in [3.8, 4) is 0 Å². The van der Waals surface area contributed by atoms with E-state index in [4.69, 9.17) is 0 Å². The molecule has 0 spiro atoms. The standard InChI is InChI=1S/C14H11F3O2S/c1-10-6-8-11(9-7-10)20(18,19)13-5-3-2-4-12(13)14(15,16)17/h2-9H,1H3. The molecule has 0 heterocycles. The Balaban J connectivity index is 2.64. The Morgan fingerprint density at radius 2 is 1.45 bits per heavy atom. The molecule has 2 aromatic rings. The number of aryl methyl sites for hydroxylation is 1. The first kappa shape index (κ1) is 14.6. The first-order valence-electron chi connectivity index (χ1n) is 5.71. The quantitative estimate of drug-likeness (QED) is 0.844. The maximum Gasteiger partial charge on any atom is 0.417 e. The van der Waals surface area contributed by atoms with E-state index in [1.165, 1.54) is 18.2 Å². The van der Waals surface area contributed by atoms with Crippen LogP contribution in [0.3, 0.4) is 0 Å². The molecule has 2 nitrogen and oxygen atoms in total. The first-order valence-corrected chi connectivity index (χ1v) is 7.19. The van der Waals surface area contributed by atoms with Gasteiger partial charge in [-0.05, 0) is 31.2 Å². The van der Waals surface area contributed by atoms with Crippen LogP contribution in [-0.4, -0.2) is 8.42 Å². The third-order valence-electron chi connectivity index (χ3n) is 2.81. The minimum Gasteiger partial charge on any atom is -0.218 e. The van der Waals surface area contributed by atoms with Crippen LogP contribution >= 0.6 is 0 Å². The highest BCUT2D eigenvalue weighted by Crippen LogP contribution is 2.36. The van der Waals surface area contributed by atoms with Gasteiger partial charge in [-0.25, -0.2) is 8.42 Å². The number of alkyl halides is 3. The van der Waals surface area contributed by atoms with Crippen molar-refractivity contribution in [2.24, 2.45) is 0 Å². The average molecular weight is 300 g/mol. The van der Waals surface area contributed by atoms with Crippen LogP contribution in [0.15, 0.2) is 58.3 Å². The summed E-state index contributed by atoms with van der Waals surface area (Å²) in [6, 6.07) is 9.87. The van der Waals surface area contributed by atoms with Crippen molar-refractivity contribution in [3.63, 3.8) is 0 Å². The zero-order valence-electron chi connectivity index (χ0n) is 10.5. The lowest BCUT2D eigenvalue weighted by molar-refractivity contribution is -0.139. The van der Waals surface area contributed by atoms with Crippen molar-refractivity contribution >= 4 is 9.84 Å². The van der Waals surface area contributed by atoms with Crippen LogP contribution in [-0.2, 0) is 16.0 Å². The van der Waals surface area contributed by atoms with Crippen molar-refractivity contribution in [3.05, 3.63) is 59.7 Å². The molecule has 0 atom stereocenters. The third-order valence-corrected chi connectivity index (χ3v) is 4.64. The average Bonchev–Trinajstić information content (AvgIpc) is 2.38. The van der Waals surface area contributed by atoms with Crippen LogP contribution in [0.1, 0.15) is 11.1 Å². The zero-order chi connectivity index (χ0) is 15.0. The number of hydrogen-bond donors (Lipinski definition) is 0. The predicted molar refractivity (Wildman–Crippen MR) is 68.1 cm³/mol. The highest BCUT2D eigenvalue weighted by atomic mass is 32.2. The second-order valence-corrected chi connectivity index (χ2v) is 6.23. The lowest BCUT2D eigenvalue weighted by atomic mass is 10.2. The second kappa shape index (κ2) is 4.94. The molecule has 0 saturated heterocycles. The minimum atomic E-state index is -4.71. The van der Waals surface area contributed by atoms with Gasteiger partial charge in [0.2, 0.25) is 9.84 Å². The van der Waals surface area contributed by atoms with Gasteiger partial charge in [0, 0.05) is 0 Å². The lowest BCUT2D eigenvalue weighted by Gasteiger charge is -2.13. The Hall–Kier alpha value is -1.82. The van der Waals surface area contributed by atoms with E-state index in [9.17, 15) is 21.6 Å². The summed E-state index contributed by atoms with van der Waals surface area (Å²) >= 11 is 0. The fourth-order valence-electron chi connectivity index (χ4n) is 1.78. The molecule has 6 heteroatoms. The second-order valence-electron chi connectivity index (χ2n) is 4.31. The molecule has 2 rings (SSSR count). The molecule has 2 aromatic carbocycles. The Morgan fingerprint density at radius 1 is 0.900 bits per heavy atom. The van der Waals surface area contributed by atoms with Gasteiger partial charge >= 0.3 is 6.18 Å². The molecule has 0 bridgehead atoms. The summed E-state index contributed by atoms with van der Waals surface area (Å²) in [5, 5.41) is 0. The van der Waals surface area contributed by atoms with Crippen LogP contribution in [0.5, 0.6) is 0 Å². The van der Waals surface area contributed by atoms with Gasteiger partial charge in [0.05, 0.1) is 15.4 Å². The molecule has 0 aromatic heterocycles. The summed E-state index contributed by atoms with van der Waals surface area (Å²) in [5.41, 5.74) is -0.325. The molecule has 0 fully saturated rings. The van der Waals surface area contributed by atoms with Crippen LogP contribution in [0.4, 0.5) is 13.2 Å². The monoisotopic (exact) mass is 300 g/mol. The predicted octanol–water partition coefficient (Wildman–Crippen LogP) is 3.85. The van der Waals surface area contributed by atoms with Gasteiger partial charge in [-0.3, -0.25) is 0 Å². The molecule has 0 aliphatic rings. The molecule has 0 aliphatic heterocycles. The van der Waals surface area contributed by atoms with Gasteiger partial charge in [-0.15, -0.1) is 0 Å². The van der Waals surface area contributed by atoms with Gasteiger partial charge in [0.15, 0.2) is 0 Å². The molecule has 0 radical (unpaired) electrons. The summed E-state index contributed by atoms with van der Waals surface area (Å²) in [4.78, 5) is -0.879. The highest BCUT2D eigenvalue weighted by Gasteiger charge is 2.37. The number of hydrogen-bond acceptors (Lipinski definition) is 2. The van der Waals surface area contributed by atoms with Gasteiger partial charge < -0.3 is 0 Å². The Labute approximate surface area is 114 Å². The van der Waals surface area contributed by atoms with Crippen LogP contribution < -0.4 is 0 Å². The topological polar surface area (TPSA) is 34.1 Å². The van der Waals surface area contributed by atoms with Crippen LogP contribution in [0, 0.1) is 6.92 Å². The van der Waals surface area contributed by atoms with Crippen molar-refractivity contribution in [2.45, 2.75) is 22.9 Å². The number of halogens is 3. The summed E-state index contributed by atoms with van der Waals surface area (Å²) in [6.07, 6.45) is -4.71. The van der Waals surface area contributed by atoms with Crippen molar-refractivity contribution < 1.29 is 21.6 Å². The van der Waals surface area contributed by atoms with Crippen LogP contribution in [0.25, 0.3) is 0 Å². The molecular weight excluding hydrogens is 289 g/mol. The van der Waals surface area contributed by atoms with Crippen molar-refractivity contribution in [1.82, 2.24) is 0 Å². The minimum absolute atomic E-state index is 0.153. The van der Waals surface area contributed by atoms with E-state index in [1.54, 1.807) is 19.1 Å². The largest absolute Gasteiger partial charge is 0.417 e. The maximum absolute atomic E-state index is 12.9. The molecule has 20 heavy (non-hydrogen) atoms. The van der Waals surface area contributed by atoms with Crippen molar-refractivity contribution in [2.75, 3.05) is 0 Å². The van der Waals surface area contributed by atoms with Gasteiger partial charge in [-0.2, -0.15) is 13.2 Å². The van der Waals surface area contributed by atoms with E-state index < -0.39 is 26.5 Å². The van der Waals surface area contributed by atoms with Crippen molar-refractivity contribution in [1.29, 1.82) is 0 Å². The molecule has 106 valence electrons. The normalized spacial score (nSPS) is 12.4. The fraction of sp³-hybridized carbons (Fsp3) is 0.143. The molecular formula is C14H11F3O2S. The Kier molecular flexibility index (Phi) is 3.60. The zero-order valence-corrected chi connectivity index (χ0v) is 11.3. The van der Waals surface area contributed by atoms with E-state index in [0.717, 1.165) is 23.8 Å². The molecule has 0 unspecified atom stereocenters. The van der Waals surface area contributed by atoms with E-state index in [0.29, 0.717) is 0 Å². The Bertz CT molecular complexity index is 717.